The number of aliphatic hydroxyl groups excluding tert-OH is 1. The lowest BCUT2D eigenvalue weighted by Gasteiger charge is -2.31. The number of piperidine rings is 1. The number of benzene rings is 1. The summed E-state index contributed by atoms with van der Waals surface area (Å²) >= 11 is 0. The van der Waals surface area contributed by atoms with Gasteiger partial charge in [-0.2, -0.15) is 0 Å². The Hall–Kier alpha value is -1.59. The van der Waals surface area contributed by atoms with Gasteiger partial charge in [0.1, 0.15) is 0 Å². The lowest BCUT2D eigenvalue weighted by molar-refractivity contribution is 0.143. The maximum atomic E-state index is 12.2. The molecular formula is C15H22N2O3. The molecule has 2 N–H and O–H groups in total. The predicted octanol–water partition coefficient (Wildman–Crippen LogP) is 2.07. The number of amides is 2. The second-order valence-electron chi connectivity index (χ2n) is 5.18. The number of nitrogens with one attached hydrogen (secondary N) is 1. The highest BCUT2D eigenvalue weighted by Gasteiger charge is 2.22. The first-order valence-electron chi connectivity index (χ1n) is 6.97. The van der Waals surface area contributed by atoms with Crippen LogP contribution in [-0.4, -0.2) is 42.8 Å². The van der Waals surface area contributed by atoms with Crippen LogP contribution in [0, 0.1) is 5.92 Å². The highest BCUT2D eigenvalue weighted by molar-refractivity contribution is 5.89. The second kappa shape index (κ2) is 7.26. The molecule has 1 aromatic rings. The smallest absolute Gasteiger partial charge is 0.321 e. The van der Waals surface area contributed by atoms with Crippen molar-refractivity contribution in [3.63, 3.8) is 0 Å². The number of hydrogen-bond acceptors (Lipinski definition) is 3. The molecule has 110 valence electrons. The number of ether oxygens (including phenoxy) is 1. The maximum absolute atomic E-state index is 12.2. The molecular weight excluding hydrogens is 256 g/mol. The Labute approximate surface area is 119 Å². The summed E-state index contributed by atoms with van der Waals surface area (Å²) in [6.45, 7) is 2.16. The minimum Gasteiger partial charge on any atom is -0.396 e. The number of likely N-dealkylation sites (tertiary alicyclic amines) is 1. The molecule has 0 aliphatic carbocycles. The van der Waals surface area contributed by atoms with Gasteiger partial charge in [-0.25, -0.2) is 4.79 Å². The van der Waals surface area contributed by atoms with Crippen molar-refractivity contribution in [3.8, 4) is 0 Å². The molecule has 0 atom stereocenters. The third-order valence-corrected chi connectivity index (χ3v) is 3.65. The molecule has 1 aliphatic heterocycles. The molecule has 20 heavy (non-hydrogen) atoms. The Bertz CT molecular complexity index is 442. The number of anilines is 1. The molecule has 0 bridgehead atoms. The van der Waals surface area contributed by atoms with Crippen molar-refractivity contribution in [1.82, 2.24) is 4.90 Å². The highest BCUT2D eigenvalue weighted by Crippen LogP contribution is 2.18. The molecule has 2 rings (SSSR count). The topological polar surface area (TPSA) is 61.8 Å². The van der Waals surface area contributed by atoms with E-state index < -0.39 is 0 Å². The van der Waals surface area contributed by atoms with Crippen molar-refractivity contribution in [1.29, 1.82) is 0 Å². The maximum Gasteiger partial charge on any atom is 0.321 e. The van der Waals surface area contributed by atoms with E-state index in [0.717, 1.165) is 24.1 Å². The van der Waals surface area contributed by atoms with E-state index in [9.17, 15) is 4.79 Å². The number of aliphatic hydroxyl groups is 1. The van der Waals surface area contributed by atoms with Crippen LogP contribution in [0.2, 0.25) is 0 Å². The van der Waals surface area contributed by atoms with Crippen LogP contribution in [0.3, 0.4) is 0 Å². The minimum absolute atomic E-state index is 0.0732. The SMILES string of the molecule is COCc1cccc(NC(=O)N2CCC(CO)CC2)c1. The van der Waals surface area contributed by atoms with Crippen molar-refractivity contribution in [3.05, 3.63) is 29.8 Å². The summed E-state index contributed by atoms with van der Waals surface area (Å²) in [6, 6.07) is 7.59. The minimum atomic E-state index is -0.0732. The van der Waals surface area contributed by atoms with Gasteiger partial charge in [0.05, 0.1) is 6.61 Å². The molecule has 1 aliphatic rings. The van der Waals surface area contributed by atoms with Crippen molar-refractivity contribution < 1.29 is 14.6 Å². The van der Waals surface area contributed by atoms with Crippen molar-refractivity contribution >= 4 is 11.7 Å². The standard InChI is InChI=1S/C15H22N2O3/c1-20-11-13-3-2-4-14(9-13)16-15(19)17-7-5-12(10-18)6-8-17/h2-4,9,12,18H,5-8,10-11H2,1H3,(H,16,19). The van der Waals surface area contributed by atoms with Gasteiger partial charge in [-0.1, -0.05) is 12.1 Å². The average molecular weight is 278 g/mol. The first-order valence-corrected chi connectivity index (χ1v) is 6.97. The number of urea groups is 1. The van der Waals surface area contributed by atoms with Crippen LogP contribution in [0.1, 0.15) is 18.4 Å². The molecule has 1 saturated heterocycles. The summed E-state index contributed by atoms with van der Waals surface area (Å²) in [7, 11) is 1.65. The van der Waals surface area contributed by atoms with E-state index in [-0.39, 0.29) is 12.6 Å². The molecule has 0 unspecified atom stereocenters. The summed E-state index contributed by atoms with van der Waals surface area (Å²) < 4.78 is 5.08. The van der Waals surface area contributed by atoms with Crippen LogP contribution in [0.5, 0.6) is 0 Å². The molecule has 2 amide bonds. The van der Waals surface area contributed by atoms with Crippen LogP contribution < -0.4 is 5.32 Å². The molecule has 5 heteroatoms. The Morgan fingerprint density at radius 1 is 1.45 bits per heavy atom. The lowest BCUT2D eigenvalue weighted by atomic mass is 9.98. The highest BCUT2D eigenvalue weighted by atomic mass is 16.5. The Balaban J connectivity index is 1.89. The fourth-order valence-corrected chi connectivity index (χ4v) is 2.43. The van der Waals surface area contributed by atoms with Gasteiger partial charge in [0.25, 0.3) is 0 Å². The van der Waals surface area contributed by atoms with Gasteiger partial charge < -0.3 is 20.1 Å². The van der Waals surface area contributed by atoms with Crippen molar-refractivity contribution in [2.45, 2.75) is 19.4 Å². The fraction of sp³-hybridized carbons (Fsp3) is 0.533. The Morgan fingerprint density at radius 2 is 2.20 bits per heavy atom. The van der Waals surface area contributed by atoms with Crippen LogP contribution in [0.15, 0.2) is 24.3 Å². The summed E-state index contributed by atoms with van der Waals surface area (Å²) in [5.41, 5.74) is 1.82. The third-order valence-electron chi connectivity index (χ3n) is 3.65. The van der Waals surface area contributed by atoms with Gasteiger partial charge in [0.15, 0.2) is 0 Å². The van der Waals surface area contributed by atoms with Crippen molar-refractivity contribution in [2.75, 3.05) is 32.1 Å². The molecule has 0 saturated carbocycles. The van der Waals surface area contributed by atoms with E-state index in [0.29, 0.717) is 25.6 Å². The number of nitrogens with zero attached hydrogens (tertiary/aromatic N) is 1. The number of rotatable bonds is 4. The first kappa shape index (κ1) is 14.8. The average Bonchev–Trinajstić information content (AvgIpc) is 2.48. The Kier molecular flexibility index (Phi) is 5.38. The zero-order valence-corrected chi connectivity index (χ0v) is 11.8. The van der Waals surface area contributed by atoms with Gasteiger partial charge in [-0.3, -0.25) is 0 Å². The lowest BCUT2D eigenvalue weighted by Crippen LogP contribution is -2.41. The van der Waals surface area contributed by atoms with Gasteiger partial charge in [-0.15, -0.1) is 0 Å². The fourth-order valence-electron chi connectivity index (χ4n) is 2.43. The van der Waals surface area contributed by atoms with E-state index in [1.165, 1.54) is 0 Å². The van der Waals surface area contributed by atoms with Gasteiger partial charge in [0.2, 0.25) is 0 Å². The number of carbonyl (C=O) groups is 1. The second-order valence-corrected chi connectivity index (χ2v) is 5.18. The zero-order chi connectivity index (χ0) is 14.4. The molecule has 0 aromatic heterocycles. The first-order chi connectivity index (χ1) is 9.72. The normalized spacial score (nSPS) is 16.2. The molecule has 0 spiro atoms. The van der Waals surface area contributed by atoms with E-state index in [2.05, 4.69) is 5.32 Å². The van der Waals surface area contributed by atoms with Gasteiger partial charge >= 0.3 is 6.03 Å². The van der Waals surface area contributed by atoms with E-state index >= 15 is 0 Å². The number of hydrogen-bond donors (Lipinski definition) is 2. The number of methoxy groups -OCH3 is 1. The van der Waals surface area contributed by atoms with E-state index in [1.807, 2.05) is 24.3 Å². The zero-order valence-electron chi connectivity index (χ0n) is 11.8. The van der Waals surface area contributed by atoms with E-state index in [4.69, 9.17) is 9.84 Å². The molecule has 1 aromatic carbocycles. The molecule has 1 fully saturated rings. The third kappa shape index (κ3) is 3.95. The van der Waals surface area contributed by atoms with Crippen molar-refractivity contribution in [2.24, 2.45) is 5.92 Å². The molecule has 1 heterocycles. The molecule has 0 radical (unpaired) electrons. The van der Waals surface area contributed by atoms with Crippen LogP contribution in [0.25, 0.3) is 0 Å². The molecule has 5 nitrogen and oxygen atoms in total. The van der Waals surface area contributed by atoms with Gasteiger partial charge in [0, 0.05) is 32.5 Å². The summed E-state index contributed by atoms with van der Waals surface area (Å²) in [6.07, 6.45) is 1.74. The monoisotopic (exact) mass is 278 g/mol. The number of carbonyl (C=O) groups excluding carboxylic acids is 1. The predicted molar refractivity (Wildman–Crippen MR) is 77.6 cm³/mol. The summed E-state index contributed by atoms with van der Waals surface area (Å²) in [4.78, 5) is 14.0. The van der Waals surface area contributed by atoms with Crippen LogP contribution >= 0.6 is 0 Å². The van der Waals surface area contributed by atoms with E-state index in [1.54, 1.807) is 12.0 Å². The van der Waals surface area contributed by atoms with Crippen LogP contribution in [-0.2, 0) is 11.3 Å². The summed E-state index contributed by atoms with van der Waals surface area (Å²) in [5, 5.41) is 12.0. The van der Waals surface area contributed by atoms with Crippen LogP contribution in [0.4, 0.5) is 10.5 Å². The largest absolute Gasteiger partial charge is 0.396 e. The summed E-state index contributed by atoms with van der Waals surface area (Å²) in [5.74, 6) is 0.337. The van der Waals surface area contributed by atoms with Gasteiger partial charge in [-0.05, 0) is 36.5 Å². The quantitative estimate of drug-likeness (QED) is 0.886. The Morgan fingerprint density at radius 3 is 2.85 bits per heavy atom.